The fourth-order valence-corrected chi connectivity index (χ4v) is 3.08. The Morgan fingerprint density at radius 2 is 1.08 bits per heavy atom. The molecule has 0 saturated carbocycles. The molecular formula is C20H32O5Ti. The molecule has 2 aliphatic carbocycles. The summed E-state index contributed by atoms with van der Waals surface area (Å²) in [4.78, 5) is 18.7. The first-order valence-electron chi connectivity index (χ1n) is 9.13. The number of rotatable bonds is 2. The molecule has 0 heterocycles. The third kappa shape index (κ3) is 10.2. The van der Waals surface area contributed by atoms with Gasteiger partial charge in [0, 0.05) is 12.8 Å². The number of aryl methyl sites for hydroxylation is 2. The molecular weight excluding hydrogens is 368 g/mol. The second-order valence-electron chi connectivity index (χ2n) is 6.06. The average Bonchev–Trinajstić information content (AvgIpc) is 3.03. The summed E-state index contributed by atoms with van der Waals surface area (Å²) in [6.45, 7) is 3.20. The quantitative estimate of drug-likeness (QED) is 0.587. The van der Waals surface area contributed by atoms with Crippen LogP contribution in [0.3, 0.4) is 0 Å². The van der Waals surface area contributed by atoms with Crippen molar-refractivity contribution in [2.75, 3.05) is 7.11 Å². The third-order valence-electron chi connectivity index (χ3n) is 4.34. The van der Waals surface area contributed by atoms with Crippen LogP contribution in [0.5, 0.6) is 0 Å². The van der Waals surface area contributed by atoms with Gasteiger partial charge in [-0.3, -0.25) is 9.59 Å². The molecule has 6 heteroatoms. The van der Waals surface area contributed by atoms with Crippen molar-refractivity contribution < 1.29 is 46.6 Å². The van der Waals surface area contributed by atoms with Gasteiger partial charge < -0.3 is 15.3 Å². The first-order valence-corrected chi connectivity index (χ1v) is 9.13. The molecule has 0 aliphatic heterocycles. The van der Waals surface area contributed by atoms with Crippen LogP contribution in [0.1, 0.15) is 74.6 Å². The van der Waals surface area contributed by atoms with E-state index in [1.165, 1.54) is 51.4 Å². The van der Waals surface area contributed by atoms with E-state index in [2.05, 4.69) is 6.07 Å². The molecule has 5 nitrogen and oxygen atoms in total. The molecule has 0 unspecified atom stereocenters. The molecule has 1 aromatic rings. The summed E-state index contributed by atoms with van der Waals surface area (Å²) in [5, 5.41) is 23.7. The Hall–Kier alpha value is -1.04. The molecule has 2 aliphatic rings. The van der Waals surface area contributed by atoms with Crippen molar-refractivity contribution in [3.63, 3.8) is 0 Å². The van der Waals surface area contributed by atoms with Crippen LogP contribution >= 0.6 is 0 Å². The summed E-state index contributed by atoms with van der Waals surface area (Å²) in [5.41, 5.74) is 6.94. The number of carbonyl (C=O) groups is 2. The van der Waals surface area contributed by atoms with Gasteiger partial charge in [0.1, 0.15) is 0 Å². The summed E-state index contributed by atoms with van der Waals surface area (Å²) in [5.74, 6) is -1.49. The van der Waals surface area contributed by atoms with Gasteiger partial charge in [-0.1, -0.05) is 65.2 Å². The van der Waals surface area contributed by atoms with Crippen LogP contribution < -0.4 is 5.11 Å². The largest absolute Gasteiger partial charge is 2.00 e. The first-order chi connectivity index (χ1) is 12.0. The van der Waals surface area contributed by atoms with Gasteiger partial charge in [0.05, 0.1) is 0 Å². The number of carboxylic acid groups (broad SMARTS) is 2. The monoisotopic (exact) mass is 400 g/mol. The van der Waals surface area contributed by atoms with Crippen LogP contribution in [-0.4, -0.2) is 29.3 Å². The molecule has 146 valence electrons. The van der Waals surface area contributed by atoms with Crippen molar-refractivity contribution >= 4 is 11.9 Å². The molecule has 0 amide bonds. The van der Waals surface area contributed by atoms with Crippen molar-refractivity contribution in [1.82, 2.24) is 0 Å². The molecule has 1 aromatic carbocycles. The van der Waals surface area contributed by atoms with Crippen molar-refractivity contribution in [1.29, 1.82) is 0 Å². The van der Waals surface area contributed by atoms with Crippen LogP contribution in [-0.2, 0) is 57.0 Å². The van der Waals surface area contributed by atoms with Crippen molar-refractivity contribution in [3.05, 3.63) is 28.3 Å². The van der Waals surface area contributed by atoms with E-state index in [9.17, 15) is 9.59 Å². The van der Waals surface area contributed by atoms with Gasteiger partial charge in [-0.05, 0) is 0 Å². The number of hydrogen-bond donors (Lipinski definition) is 2. The molecule has 0 fully saturated rings. The van der Waals surface area contributed by atoms with Crippen molar-refractivity contribution in [2.45, 2.75) is 78.1 Å². The van der Waals surface area contributed by atoms with E-state index >= 15 is 0 Å². The van der Waals surface area contributed by atoms with Gasteiger partial charge >= 0.3 is 33.7 Å². The topological polar surface area (TPSA) is 97.7 Å². The van der Waals surface area contributed by atoms with E-state index in [4.69, 9.17) is 15.3 Å². The van der Waals surface area contributed by atoms with Crippen LogP contribution in [0, 0.1) is 0 Å². The molecule has 0 spiro atoms. The third-order valence-corrected chi connectivity index (χ3v) is 4.34. The van der Waals surface area contributed by atoms with Gasteiger partial charge in [-0.2, -0.15) is 35.4 Å². The minimum atomic E-state index is -0.745. The maximum atomic E-state index is 9.37. The Bertz CT molecular complexity index is 478. The zero-order valence-electron chi connectivity index (χ0n) is 16.3. The van der Waals surface area contributed by atoms with Crippen LogP contribution in [0.4, 0.5) is 0 Å². The number of carboxylic acids is 2. The Morgan fingerprint density at radius 3 is 1.35 bits per heavy atom. The van der Waals surface area contributed by atoms with Gasteiger partial charge in [0.25, 0.3) is 0 Å². The molecule has 0 saturated heterocycles. The molecule has 26 heavy (non-hydrogen) atoms. The first kappa shape index (κ1) is 27.2. The molecule has 0 atom stereocenters. The normalized spacial score (nSPS) is 13.5. The molecule has 0 radical (unpaired) electrons. The molecule has 0 bridgehead atoms. The summed E-state index contributed by atoms with van der Waals surface area (Å²) < 4.78 is 0. The van der Waals surface area contributed by atoms with Gasteiger partial charge in [0.2, 0.25) is 0 Å². The summed E-state index contributed by atoms with van der Waals surface area (Å²) in [6, 6.07) is 2.52. The maximum absolute atomic E-state index is 9.37. The number of hydrogen-bond acceptors (Lipinski definition) is 3. The minimum absolute atomic E-state index is 0. The Balaban J connectivity index is 0. The second-order valence-corrected chi connectivity index (χ2v) is 6.06. The number of aliphatic carboxylic acids is 2. The predicted octanol–water partition coefficient (Wildman–Crippen LogP) is 3.10. The van der Waals surface area contributed by atoms with E-state index < -0.39 is 11.9 Å². The Kier molecular flexibility index (Phi) is 16.9. The smallest absolute Gasteiger partial charge is 0.857 e. The Labute approximate surface area is 172 Å². The van der Waals surface area contributed by atoms with Crippen LogP contribution in [0.15, 0.2) is 6.07 Å². The maximum Gasteiger partial charge on any atom is 2.00 e. The van der Waals surface area contributed by atoms with E-state index in [0.717, 1.165) is 7.11 Å². The van der Waals surface area contributed by atoms with E-state index in [1.54, 1.807) is 36.1 Å². The van der Waals surface area contributed by atoms with Crippen LogP contribution in [0.25, 0.3) is 0 Å². The fourth-order valence-electron chi connectivity index (χ4n) is 3.08. The summed E-state index contributed by atoms with van der Waals surface area (Å²) in [6.07, 6.45) is 11.7. The summed E-state index contributed by atoms with van der Waals surface area (Å²) in [7, 11) is 0.750. The Morgan fingerprint density at radius 1 is 0.808 bits per heavy atom. The summed E-state index contributed by atoms with van der Waals surface area (Å²) >= 11 is 0. The van der Waals surface area contributed by atoms with Crippen LogP contribution in [0.2, 0.25) is 0 Å². The zero-order valence-corrected chi connectivity index (χ0v) is 17.8. The van der Waals surface area contributed by atoms with Crippen molar-refractivity contribution in [3.8, 4) is 0 Å². The second kappa shape index (κ2) is 16.2. The van der Waals surface area contributed by atoms with Gasteiger partial charge in [-0.25, -0.2) is 0 Å². The molecule has 2 N–H and O–H groups in total. The molecule has 3 rings (SSSR count). The average molecular weight is 400 g/mol. The minimum Gasteiger partial charge on any atom is -0.857 e. The van der Waals surface area contributed by atoms with E-state index in [1.807, 2.05) is 0 Å². The SMILES string of the molecule is CCC(=O)O.CCC(=O)O.C[O-].[Ti+2].[cH-]1c2c(c3c1CCCC3)CCCC2. The fraction of sp³-hybridized carbons (Fsp3) is 0.650. The number of fused-ring (bicyclic) bond motifs is 3. The van der Waals surface area contributed by atoms with Gasteiger partial charge in [0.15, 0.2) is 0 Å². The van der Waals surface area contributed by atoms with Gasteiger partial charge in [-0.15, -0.1) is 0 Å². The molecule has 0 aromatic heterocycles. The van der Waals surface area contributed by atoms with Crippen molar-refractivity contribution in [2.24, 2.45) is 0 Å². The predicted molar refractivity (Wildman–Crippen MR) is 97.1 cm³/mol. The zero-order chi connectivity index (χ0) is 19.2. The van der Waals surface area contributed by atoms with E-state index in [-0.39, 0.29) is 34.6 Å². The standard InChI is InChI=1S/C13H17.2C3H6O2.CH3O.Ti/c1-3-7-12-10(5-1)9-11-6-2-4-8-13(11)12;2*1-2-3(4)5;1-2;/h9H,1-8H2;2*2H2,1H3,(H,4,5);1H3;/q-1;;;-1;+2. The van der Waals surface area contributed by atoms with E-state index in [0.29, 0.717) is 0 Å².